The molecular weight excluding hydrogens is 292 g/mol. The first-order valence-electron chi connectivity index (χ1n) is 7.09. The Bertz CT molecular complexity index is 628. The van der Waals surface area contributed by atoms with Gasteiger partial charge in [-0.25, -0.2) is 13.1 Å². The molecule has 7 heteroatoms. The normalized spacial score (nSPS) is 26.0. The lowest BCUT2D eigenvalue weighted by molar-refractivity contribution is 0.0848. The first kappa shape index (κ1) is 14.6. The summed E-state index contributed by atoms with van der Waals surface area (Å²) >= 11 is 0. The van der Waals surface area contributed by atoms with Gasteiger partial charge < -0.3 is 15.2 Å². The van der Waals surface area contributed by atoms with E-state index in [1.165, 1.54) is 19.2 Å². The lowest BCUT2D eigenvalue weighted by atomic mass is 10.1. The van der Waals surface area contributed by atoms with Crippen molar-refractivity contribution in [2.75, 3.05) is 19.5 Å². The number of hydrogen-bond acceptors (Lipinski definition) is 5. The fraction of sp³-hybridized carbons (Fsp3) is 0.571. The second-order valence-corrected chi connectivity index (χ2v) is 7.28. The molecule has 2 atom stereocenters. The van der Waals surface area contributed by atoms with E-state index in [-0.39, 0.29) is 22.7 Å². The molecule has 0 amide bonds. The van der Waals surface area contributed by atoms with E-state index in [1.54, 1.807) is 6.07 Å². The number of anilines is 1. The first-order valence-corrected chi connectivity index (χ1v) is 8.57. The second kappa shape index (κ2) is 5.47. The van der Waals surface area contributed by atoms with Gasteiger partial charge in [0.2, 0.25) is 10.0 Å². The van der Waals surface area contributed by atoms with Crippen molar-refractivity contribution in [1.82, 2.24) is 4.72 Å². The third-order valence-corrected chi connectivity index (χ3v) is 5.60. The van der Waals surface area contributed by atoms with E-state index in [0.717, 1.165) is 12.8 Å². The zero-order chi connectivity index (χ0) is 15.0. The van der Waals surface area contributed by atoms with Gasteiger partial charge in [0.05, 0.1) is 24.9 Å². The average Bonchev–Trinajstić information content (AvgIpc) is 3.19. The fourth-order valence-corrected chi connectivity index (χ4v) is 4.18. The van der Waals surface area contributed by atoms with Crippen molar-refractivity contribution in [2.45, 2.75) is 36.3 Å². The molecule has 1 aromatic rings. The van der Waals surface area contributed by atoms with E-state index in [2.05, 4.69) is 4.72 Å². The minimum Gasteiger partial charge on any atom is -0.497 e. The summed E-state index contributed by atoms with van der Waals surface area (Å²) in [5.74, 6) is 1.03. The Morgan fingerprint density at radius 3 is 2.71 bits per heavy atom. The maximum absolute atomic E-state index is 12.5. The summed E-state index contributed by atoms with van der Waals surface area (Å²) in [5, 5.41) is 0. The Labute approximate surface area is 124 Å². The molecule has 0 spiro atoms. The summed E-state index contributed by atoms with van der Waals surface area (Å²) in [5.41, 5.74) is 6.02. The Hall–Kier alpha value is -1.31. The monoisotopic (exact) mass is 312 g/mol. The van der Waals surface area contributed by atoms with Crippen LogP contribution in [0.5, 0.6) is 5.75 Å². The van der Waals surface area contributed by atoms with Crippen LogP contribution in [0.4, 0.5) is 5.69 Å². The number of hydrogen-bond donors (Lipinski definition) is 2. The van der Waals surface area contributed by atoms with Gasteiger partial charge >= 0.3 is 0 Å². The molecule has 1 heterocycles. The molecule has 2 fully saturated rings. The molecule has 116 valence electrons. The van der Waals surface area contributed by atoms with Gasteiger partial charge in [-0.1, -0.05) is 0 Å². The van der Waals surface area contributed by atoms with Crippen LogP contribution in [0.3, 0.4) is 0 Å². The van der Waals surface area contributed by atoms with Crippen LogP contribution in [0.25, 0.3) is 0 Å². The molecule has 3 rings (SSSR count). The van der Waals surface area contributed by atoms with Crippen molar-refractivity contribution in [3.05, 3.63) is 18.2 Å². The molecule has 2 unspecified atom stereocenters. The summed E-state index contributed by atoms with van der Waals surface area (Å²) in [7, 11) is -2.14. The van der Waals surface area contributed by atoms with Gasteiger partial charge in [0, 0.05) is 12.7 Å². The Kier molecular flexibility index (Phi) is 3.81. The quantitative estimate of drug-likeness (QED) is 0.795. The highest BCUT2D eigenvalue weighted by molar-refractivity contribution is 7.89. The number of ether oxygens (including phenoxy) is 2. The first-order chi connectivity index (χ1) is 10.0. The van der Waals surface area contributed by atoms with Gasteiger partial charge in [0.25, 0.3) is 0 Å². The van der Waals surface area contributed by atoms with E-state index in [9.17, 15) is 8.42 Å². The van der Waals surface area contributed by atoms with Gasteiger partial charge in [-0.2, -0.15) is 0 Å². The number of sulfonamides is 1. The highest BCUT2D eigenvalue weighted by Crippen LogP contribution is 2.39. The molecular formula is C14H20N2O4S. The van der Waals surface area contributed by atoms with Crippen LogP contribution in [0, 0.1) is 5.92 Å². The molecule has 3 N–H and O–H groups in total. The smallest absolute Gasteiger partial charge is 0.242 e. The van der Waals surface area contributed by atoms with Gasteiger partial charge in [0.15, 0.2) is 0 Å². The maximum atomic E-state index is 12.5. The predicted octanol–water partition coefficient (Wildman–Crippen LogP) is 1.12. The molecule has 21 heavy (non-hydrogen) atoms. The van der Waals surface area contributed by atoms with Gasteiger partial charge in [-0.15, -0.1) is 0 Å². The lowest BCUT2D eigenvalue weighted by Gasteiger charge is -2.20. The van der Waals surface area contributed by atoms with Crippen LogP contribution in [0.1, 0.15) is 19.3 Å². The van der Waals surface area contributed by atoms with E-state index >= 15 is 0 Å². The molecule has 1 aliphatic carbocycles. The van der Waals surface area contributed by atoms with Crippen LogP contribution in [-0.4, -0.2) is 34.3 Å². The summed E-state index contributed by atoms with van der Waals surface area (Å²) in [6.45, 7) is 0.604. The molecule has 1 aliphatic heterocycles. The van der Waals surface area contributed by atoms with Crippen LogP contribution in [-0.2, 0) is 14.8 Å². The van der Waals surface area contributed by atoms with E-state index in [4.69, 9.17) is 15.2 Å². The van der Waals surface area contributed by atoms with E-state index in [0.29, 0.717) is 24.7 Å². The van der Waals surface area contributed by atoms with Crippen molar-refractivity contribution >= 4 is 15.7 Å². The summed E-state index contributed by atoms with van der Waals surface area (Å²) < 4.78 is 38.5. The number of rotatable bonds is 5. The van der Waals surface area contributed by atoms with Crippen molar-refractivity contribution in [1.29, 1.82) is 0 Å². The van der Waals surface area contributed by atoms with Crippen molar-refractivity contribution in [3.63, 3.8) is 0 Å². The topological polar surface area (TPSA) is 90.7 Å². The minimum atomic E-state index is -3.65. The third-order valence-electron chi connectivity index (χ3n) is 4.04. The minimum absolute atomic E-state index is 0.000696. The summed E-state index contributed by atoms with van der Waals surface area (Å²) in [4.78, 5) is 0.0877. The number of nitrogen functional groups attached to an aromatic ring is 1. The summed E-state index contributed by atoms with van der Waals surface area (Å²) in [6, 6.07) is 4.41. The molecule has 1 aromatic carbocycles. The molecule has 2 aliphatic rings. The van der Waals surface area contributed by atoms with E-state index < -0.39 is 10.0 Å². The van der Waals surface area contributed by atoms with Crippen molar-refractivity contribution in [3.8, 4) is 5.75 Å². The Morgan fingerprint density at radius 1 is 1.33 bits per heavy atom. The zero-order valence-electron chi connectivity index (χ0n) is 11.9. The third kappa shape index (κ3) is 3.00. The number of nitrogens with one attached hydrogen (secondary N) is 1. The number of nitrogens with two attached hydrogens (primary N) is 1. The van der Waals surface area contributed by atoms with Crippen LogP contribution in [0.15, 0.2) is 23.1 Å². The number of methoxy groups -OCH3 is 1. The summed E-state index contributed by atoms with van der Waals surface area (Å²) in [6.07, 6.45) is 2.94. The zero-order valence-corrected chi connectivity index (χ0v) is 12.7. The SMILES string of the molecule is COc1ccc(S(=O)(=O)NC2CCOC2C2CC2)c(N)c1. The predicted molar refractivity (Wildman–Crippen MR) is 78.6 cm³/mol. The highest BCUT2D eigenvalue weighted by atomic mass is 32.2. The lowest BCUT2D eigenvalue weighted by Crippen LogP contribution is -2.41. The Balaban J connectivity index is 1.80. The molecule has 0 radical (unpaired) electrons. The van der Waals surface area contributed by atoms with Crippen LogP contribution < -0.4 is 15.2 Å². The standard InChI is InChI=1S/C14H20N2O4S/c1-19-10-4-5-13(11(15)8-10)21(17,18)16-12-6-7-20-14(12)9-2-3-9/h4-5,8-9,12,14,16H,2-3,6-7,15H2,1H3. The largest absolute Gasteiger partial charge is 0.497 e. The highest BCUT2D eigenvalue weighted by Gasteiger charge is 2.42. The molecule has 0 aromatic heterocycles. The van der Waals surface area contributed by atoms with Crippen LogP contribution in [0.2, 0.25) is 0 Å². The second-order valence-electron chi connectivity index (χ2n) is 5.59. The molecule has 1 saturated carbocycles. The van der Waals surface area contributed by atoms with Gasteiger partial charge in [-0.05, 0) is 37.3 Å². The molecule has 6 nitrogen and oxygen atoms in total. The van der Waals surface area contributed by atoms with Gasteiger partial charge in [-0.3, -0.25) is 0 Å². The molecule has 1 saturated heterocycles. The van der Waals surface area contributed by atoms with Gasteiger partial charge in [0.1, 0.15) is 10.6 Å². The van der Waals surface area contributed by atoms with Crippen LogP contribution >= 0.6 is 0 Å². The maximum Gasteiger partial charge on any atom is 0.242 e. The average molecular weight is 312 g/mol. The molecule has 0 bridgehead atoms. The van der Waals surface area contributed by atoms with Crippen molar-refractivity contribution < 1.29 is 17.9 Å². The van der Waals surface area contributed by atoms with Crippen molar-refractivity contribution in [2.24, 2.45) is 5.92 Å². The fourth-order valence-electron chi connectivity index (χ4n) is 2.79. The Morgan fingerprint density at radius 2 is 2.10 bits per heavy atom. The van der Waals surface area contributed by atoms with E-state index in [1.807, 2.05) is 0 Å². The number of benzene rings is 1.